The molecule has 0 rings (SSSR count). The fraction of sp³-hybridized carbons (Fsp3) is 1.00. The van der Waals surface area contributed by atoms with Gasteiger partial charge in [-0.1, -0.05) is 12.8 Å². The number of rotatable bonds is 6. The van der Waals surface area contributed by atoms with Crippen LogP contribution >= 0.6 is 11.6 Å². The molecule has 0 saturated carbocycles. The minimum Gasteiger partial charge on any atom is -0.368 e. The molecule has 0 aliphatic rings. The van der Waals surface area contributed by atoms with Gasteiger partial charge in [0.1, 0.15) is 0 Å². The first-order chi connectivity index (χ1) is 4.77. The Balaban J connectivity index is 2.77. The Hall–Kier alpha value is 0.210. The van der Waals surface area contributed by atoms with Gasteiger partial charge in [0.05, 0.1) is 0 Å². The molecule has 0 aliphatic heterocycles. The lowest BCUT2D eigenvalue weighted by Crippen LogP contribution is -2.02. The smallest absolute Gasteiger partial charge is 0.151 e. The van der Waals surface area contributed by atoms with Gasteiger partial charge in [-0.25, -0.2) is 0 Å². The first kappa shape index (κ1) is 10.2. The normalized spacial score (nSPS) is 10.8. The summed E-state index contributed by atoms with van der Waals surface area (Å²) < 4.78 is 0. The average molecular weight is 167 g/mol. The maximum atomic E-state index is 8.44. The van der Waals surface area contributed by atoms with E-state index in [1.807, 2.05) is 0 Å². The van der Waals surface area contributed by atoms with E-state index in [1.54, 1.807) is 0 Å². The third kappa shape index (κ3) is 8.21. The summed E-state index contributed by atoms with van der Waals surface area (Å²) in [5, 5.41) is 16.9. The van der Waals surface area contributed by atoms with Crippen LogP contribution in [-0.4, -0.2) is 22.4 Å². The van der Waals surface area contributed by atoms with Crippen molar-refractivity contribution in [2.45, 2.75) is 38.4 Å². The molecule has 0 spiro atoms. The molecule has 0 unspecified atom stereocenters. The van der Waals surface area contributed by atoms with Gasteiger partial charge in [-0.05, 0) is 19.3 Å². The first-order valence-electron chi connectivity index (χ1n) is 3.69. The van der Waals surface area contributed by atoms with Gasteiger partial charge in [-0.3, -0.25) is 0 Å². The van der Waals surface area contributed by atoms with Gasteiger partial charge in [-0.15, -0.1) is 11.6 Å². The molecule has 0 aromatic carbocycles. The van der Waals surface area contributed by atoms with Gasteiger partial charge in [0.15, 0.2) is 6.29 Å². The first-order valence-corrected chi connectivity index (χ1v) is 4.23. The molecule has 0 fully saturated rings. The second-order valence-corrected chi connectivity index (χ2v) is 2.75. The van der Waals surface area contributed by atoms with E-state index in [1.165, 1.54) is 0 Å². The molecule has 10 heavy (non-hydrogen) atoms. The Bertz CT molecular complexity index is 66.6. The standard InChI is InChI=1S/C7H15ClO2/c8-6-4-2-1-3-5-7(9)10/h7,9-10H,1-6H2. The molecule has 0 bridgehead atoms. The van der Waals surface area contributed by atoms with Crippen molar-refractivity contribution in [3.05, 3.63) is 0 Å². The largest absolute Gasteiger partial charge is 0.368 e. The third-order valence-corrected chi connectivity index (χ3v) is 1.61. The monoisotopic (exact) mass is 166 g/mol. The molecule has 0 aromatic rings. The zero-order valence-corrected chi connectivity index (χ0v) is 6.85. The Morgan fingerprint density at radius 2 is 1.60 bits per heavy atom. The van der Waals surface area contributed by atoms with Crippen molar-refractivity contribution in [1.29, 1.82) is 0 Å². The van der Waals surface area contributed by atoms with Crippen LogP contribution in [0.5, 0.6) is 0 Å². The topological polar surface area (TPSA) is 40.5 Å². The lowest BCUT2D eigenvalue weighted by Gasteiger charge is -2.01. The van der Waals surface area contributed by atoms with Crippen LogP contribution in [0.25, 0.3) is 0 Å². The van der Waals surface area contributed by atoms with E-state index < -0.39 is 6.29 Å². The fourth-order valence-electron chi connectivity index (χ4n) is 0.775. The lowest BCUT2D eigenvalue weighted by molar-refractivity contribution is -0.0465. The molecule has 0 aliphatic carbocycles. The van der Waals surface area contributed by atoms with Gasteiger partial charge >= 0.3 is 0 Å². The Morgan fingerprint density at radius 3 is 2.10 bits per heavy atom. The van der Waals surface area contributed by atoms with Crippen molar-refractivity contribution < 1.29 is 10.2 Å². The van der Waals surface area contributed by atoms with Gasteiger partial charge in [0.25, 0.3) is 0 Å². The van der Waals surface area contributed by atoms with Gasteiger partial charge in [0, 0.05) is 5.88 Å². The summed E-state index contributed by atoms with van der Waals surface area (Å²) in [6.45, 7) is 0. The minimum atomic E-state index is -1.13. The van der Waals surface area contributed by atoms with Crippen LogP contribution in [0.2, 0.25) is 0 Å². The van der Waals surface area contributed by atoms with Crippen LogP contribution in [0, 0.1) is 0 Å². The summed E-state index contributed by atoms with van der Waals surface area (Å²) >= 11 is 5.44. The van der Waals surface area contributed by atoms with E-state index in [0.29, 0.717) is 12.3 Å². The number of aliphatic hydroxyl groups is 2. The van der Waals surface area contributed by atoms with E-state index in [-0.39, 0.29) is 0 Å². The molecule has 0 radical (unpaired) electrons. The predicted octanol–water partition coefficient (Wildman–Crippen LogP) is 1.49. The van der Waals surface area contributed by atoms with Crippen molar-refractivity contribution >= 4 is 11.6 Å². The zero-order valence-electron chi connectivity index (χ0n) is 6.09. The van der Waals surface area contributed by atoms with Crippen LogP contribution in [-0.2, 0) is 0 Å². The van der Waals surface area contributed by atoms with Gasteiger partial charge in [0.2, 0.25) is 0 Å². The number of hydrogen-bond donors (Lipinski definition) is 2. The predicted molar refractivity (Wildman–Crippen MR) is 42.0 cm³/mol. The minimum absolute atomic E-state index is 0.488. The zero-order chi connectivity index (χ0) is 7.82. The van der Waals surface area contributed by atoms with E-state index in [2.05, 4.69) is 0 Å². The van der Waals surface area contributed by atoms with Crippen molar-refractivity contribution in [1.82, 2.24) is 0 Å². The molecule has 0 aromatic heterocycles. The number of unbranched alkanes of at least 4 members (excludes halogenated alkanes) is 3. The summed E-state index contributed by atoms with van der Waals surface area (Å²) in [5.74, 6) is 0.710. The highest BCUT2D eigenvalue weighted by Crippen LogP contribution is 2.04. The summed E-state index contributed by atoms with van der Waals surface area (Å²) in [5.41, 5.74) is 0. The number of alkyl halides is 1. The van der Waals surface area contributed by atoms with Crippen LogP contribution in [0.4, 0.5) is 0 Å². The SMILES string of the molecule is OC(O)CCCCCCCl. The average Bonchev–Trinajstić information content (AvgIpc) is 1.87. The molecule has 3 heteroatoms. The van der Waals surface area contributed by atoms with Crippen molar-refractivity contribution in [2.24, 2.45) is 0 Å². The van der Waals surface area contributed by atoms with Crippen molar-refractivity contribution in [2.75, 3.05) is 5.88 Å². The highest BCUT2D eigenvalue weighted by Gasteiger charge is 1.95. The van der Waals surface area contributed by atoms with Crippen LogP contribution < -0.4 is 0 Å². The summed E-state index contributed by atoms with van der Waals surface area (Å²) in [6.07, 6.45) is 3.41. The summed E-state index contributed by atoms with van der Waals surface area (Å²) in [6, 6.07) is 0. The second kappa shape index (κ2) is 7.32. The highest BCUT2D eigenvalue weighted by molar-refractivity contribution is 6.17. The van der Waals surface area contributed by atoms with Gasteiger partial charge in [-0.2, -0.15) is 0 Å². The Labute approximate surface area is 66.8 Å². The van der Waals surface area contributed by atoms with E-state index in [4.69, 9.17) is 21.8 Å². The maximum Gasteiger partial charge on any atom is 0.151 e. The second-order valence-electron chi connectivity index (χ2n) is 2.37. The quantitative estimate of drug-likeness (QED) is 0.357. The molecule has 0 amide bonds. The Kier molecular flexibility index (Phi) is 7.47. The molecule has 0 heterocycles. The molecule has 0 atom stereocenters. The van der Waals surface area contributed by atoms with Crippen LogP contribution in [0.3, 0.4) is 0 Å². The summed E-state index contributed by atoms with van der Waals surface area (Å²) in [7, 11) is 0. The molecule has 2 N–H and O–H groups in total. The fourth-order valence-corrected chi connectivity index (χ4v) is 0.964. The van der Waals surface area contributed by atoms with E-state index in [0.717, 1.165) is 25.7 Å². The summed E-state index contributed by atoms with van der Waals surface area (Å²) in [4.78, 5) is 0. The molecular formula is C7H15ClO2. The third-order valence-electron chi connectivity index (χ3n) is 1.35. The van der Waals surface area contributed by atoms with Crippen LogP contribution in [0.15, 0.2) is 0 Å². The molecule has 2 nitrogen and oxygen atoms in total. The number of hydrogen-bond acceptors (Lipinski definition) is 2. The Morgan fingerprint density at radius 1 is 1.00 bits per heavy atom. The maximum absolute atomic E-state index is 8.44. The molecule has 62 valence electrons. The van der Waals surface area contributed by atoms with E-state index in [9.17, 15) is 0 Å². The molecular weight excluding hydrogens is 152 g/mol. The van der Waals surface area contributed by atoms with Gasteiger partial charge < -0.3 is 10.2 Å². The number of aliphatic hydroxyl groups excluding tert-OH is 1. The van der Waals surface area contributed by atoms with Crippen LogP contribution in [0.1, 0.15) is 32.1 Å². The lowest BCUT2D eigenvalue weighted by atomic mass is 10.1. The van der Waals surface area contributed by atoms with E-state index >= 15 is 0 Å². The van der Waals surface area contributed by atoms with Crippen molar-refractivity contribution in [3.63, 3.8) is 0 Å². The highest BCUT2D eigenvalue weighted by atomic mass is 35.5. The number of halogens is 1. The molecule has 0 saturated heterocycles. The van der Waals surface area contributed by atoms with Crippen molar-refractivity contribution in [3.8, 4) is 0 Å².